The predicted octanol–water partition coefficient (Wildman–Crippen LogP) is 5.03. The molecule has 2 unspecified atom stereocenters. The smallest absolute Gasteiger partial charge is 0.407 e. The molecule has 1 saturated heterocycles. The van der Waals surface area contributed by atoms with Crippen LogP contribution in [0.3, 0.4) is 0 Å². The number of nitrogens with one attached hydrogen (secondary N) is 2. The summed E-state index contributed by atoms with van der Waals surface area (Å²) in [5.41, 5.74) is 1.95. The molecule has 204 valence electrons. The molecule has 0 saturated carbocycles. The highest BCUT2D eigenvalue weighted by Gasteiger charge is 2.28. The van der Waals surface area contributed by atoms with Crippen molar-refractivity contribution in [3.8, 4) is 0 Å². The fourth-order valence-corrected chi connectivity index (χ4v) is 5.80. The van der Waals surface area contributed by atoms with Crippen molar-refractivity contribution in [1.82, 2.24) is 15.0 Å². The molecule has 37 heavy (non-hydrogen) atoms. The lowest BCUT2D eigenvalue weighted by Crippen LogP contribution is -2.40. The Labute approximate surface area is 231 Å². The number of rotatable bonds is 8. The molecule has 1 aromatic carbocycles. The first kappa shape index (κ1) is 29.7. The molecule has 8 nitrogen and oxygen atoms in total. The summed E-state index contributed by atoms with van der Waals surface area (Å²) < 4.78 is 20.8. The van der Waals surface area contributed by atoms with Crippen LogP contribution >= 0.6 is 23.4 Å². The zero-order valence-electron chi connectivity index (χ0n) is 22.3. The summed E-state index contributed by atoms with van der Waals surface area (Å²) in [6, 6.07) is 7.51. The van der Waals surface area contributed by atoms with Crippen molar-refractivity contribution in [1.29, 1.82) is 0 Å². The van der Waals surface area contributed by atoms with E-state index in [1.54, 1.807) is 12.3 Å². The van der Waals surface area contributed by atoms with Crippen LogP contribution in [-0.4, -0.2) is 49.9 Å². The van der Waals surface area contributed by atoms with E-state index in [1.165, 1.54) is 11.8 Å². The Kier molecular flexibility index (Phi) is 9.90. The number of hydrogen-bond acceptors (Lipinski definition) is 7. The minimum absolute atomic E-state index is 0.0433. The second-order valence-electron chi connectivity index (χ2n) is 10.9. The monoisotopic (exact) mass is 568 g/mol. The molecular formula is C26H37ClN4O4S2. The number of alkyl carbamates (subject to hydrolysis) is 1. The molecule has 1 aliphatic rings. The van der Waals surface area contributed by atoms with Crippen LogP contribution in [0.25, 0.3) is 0 Å². The Morgan fingerprint density at radius 1 is 1.27 bits per heavy atom. The van der Waals surface area contributed by atoms with Gasteiger partial charge in [-0.05, 0) is 71.7 Å². The van der Waals surface area contributed by atoms with E-state index >= 15 is 0 Å². The minimum atomic E-state index is -1.27. The normalized spacial score (nSPS) is 17.1. The van der Waals surface area contributed by atoms with Crippen LogP contribution in [0.15, 0.2) is 40.4 Å². The summed E-state index contributed by atoms with van der Waals surface area (Å²) in [7, 11) is -1.27. The summed E-state index contributed by atoms with van der Waals surface area (Å²) in [4.78, 5) is 19.6. The second-order valence-corrected chi connectivity index (χ2v) is 14.4. The molecule has 3 N–H and O–H groups in total. The van der Waals surface area contributed by atoms with Crippen molar-refractivity contribution in [2.75, 3.05) is 18.0 Å². The molecule has 3 rings (SSSR count). The van der Waals surface area contributed by atoms with E-state index in [-0.39, 0.29) is 12.6 Å². The summed E-state index contributed by atoms with van der Waals surface area (Å²) >= 11 is 8.21. The number of amides is 1. The molecule has 2 heterocycles. The zero-order valence-corrected chi connectivity index (χ0v) is 24.6. The van der Waals surface area contributed by atoms with E-state index < -0.39 is 27.4 Å². The number of aromatic nitrogens is 1. The fraction of sp³-hybridized carbons (Fsp3) is 0.538. The van der Waals surface area contributed by atoms with Crippen LogP contribution < -0.4 is 14.9 Å². The largest absolute Gasteiger partial charge is 0.444 e. The summed E-state index contributed by atoms with van der Waals surface area (Å²) in [6.45, 7) is 12.8. The maximum Gasteiger partial charge on any atom is 0.407 e. The van der Waals surface area contributed by atoms with Crippen molar-refractivity contribution in [2.45, 2.75) is 87.4 Å². The number of carbonyl (C=O) groups is 1. The van der Waals surface area contributed by atoms with Gasteiger partial charge in [0.05, 0.1) is 33.4 Å². The first-order valence-electron chi connectivity index (χ1n) is 12.2. The molecule has 1 aromatic heterocycles. The Hall–Kier alpha value is -1.85. The molecule has 2 atom stereocenters. The SMILES string of the molecule is CC(C)(C)OC(=O)NC1CCN(c2cc(Cl)c(Sc3ncccc3CO)c(CNS(=O)C(C)(C)C)c2)C1. The van der Waals surface area contributed by atoms with E-state index in [0.29, 0.717) is 28.7 Å². The highest BCUT2D eigenvalue weighted by Crippen LogP contribution is 2.40. The molecule has 11 heteroatoms. The van der Waals surface area contributed by atoms with Crippen molar-refractivity contribution >= 4 is 46.1 Å². The topological polar surface area (TPSA) is 104 Å². The van der Waals surface area contributed by atoms with Gasteiger partial charge < -0.3 is 20.1 Å². The maximum absolute atomic E-state index is 12.7. The lowest BCUT2D eigenvalue weighted by Gasteiger charge is -2.24. The highest BCUT2D eigenvalue weighted by molar-refractivity contribution is 7.99. The number of benzene rings is 1. The molecule has 1 fully saturated rings. The molecule has 2 aromatic rings. The number of pyridine rings is 1. The summed E-state index contributed by atoms with van der Waals surface area (Å²) in [5.74, 6) is 0. The second kappa shape index (κ2) is 12.3. The van der Waals surface area contributed by atoms with Crippen molar-refractivity contribution in [2.24, 2.45) is 0 Å². The Morgan fingerprint density at radius 3 is 2.65 bits per heavy atom. The predicted molar refractivity (Wildman–Crippen MR) is 150 cm³/mol. The van der Waals surface area contributed by atoms with Gasteiger partial charge in [-0.25, -0.2) is 18.7 Å². The van der Waals surface area contributed by atoms with Gasteiger partial charge in [0.1, 0.15) is 10.6 Å². The third-order valence-corrected chi connectivity index (χ3v) is 8.72. The number of anilines is 1. The molecule has 0 bridgehead atoms. The van der Waals surface area contributed by atoms with E-state index in [1.807, 2.05) is 59.7 Å². The number of hydrogen-bond donors (Lipinski definition) is 3. The average Bonchev–Trinajstić information content (AvgIpc) is 3.25. The lowest BCUT2D eigenvalue weighted by atomic mass is 10.2. The van der Waals surface area contributed by atoms with Gasteiger partial charge in [-0.3, -0.25) is 0 Å². The Bertz CT molecular complexity index is 1130. The van der Waals surface area contributed by atoms with Crippen LogP contribution in [0.1, 0.15) is 59.1 Å². The van der Waals surface area contributed by atoms with Crippen LogP contribution in [0.2, 0.25) is 5.02 Å². The standard InChI is InChI=1S/C26H37ClN4O4S2/c1-25(2,3)35-24(33)30-19-9-11-31(15-19)20-12-18(14-29-37(34)26(4,5)6)22(21(27)13-20)36-23-17(16-32)8-7-10-28-23/h7-8,10,12-13,19,29,32H,9,11,14-16H2,1-6H3,(H,30,33). The van der Waals surface area contributed by atoms with Crippen LogP contribution in [0, 0.1) is 0 Å². The third-order valence-electron chi connectivity index (χ3n) is 5.55. The lowest BCUT2D eigenvalue weighted by molar-refractivity contribution is 0.0509. The third kappa shape index (κ3) is 8.58. The summed E-state index contributed by atoms with van der Waals surface area (Å²) in [6.07, 6.45) is 2.04. The number of carbonyl (C=O) groups excluding carboxylic acids is 1. The van der Waals surface area contributed by atoms with Crippen molar-refractivity contribution in [3.63, 3.8) is 0 Å². The molecule has 0 spiro atoms. The van der Waals surface area contributed by atoms with Gasteiger partial charge in [-0.2, -0.15) is 0 Å². The Balaban J connectivity index is 1.85. The first-order chi connectivity index (χ1) is 17.3. The first-order valence-corrected chi connectivity index (χ1v) is 14.6. The number of aliphatic hydroxyl groups excluding tert-OH is 1. The quantitative estimate of drug-likeness (QED) is 0.410. The van der Waals surface area contributed by atoms with E-state index in [2.05, 4.69) is 19.9 Å². The number of aliphatic hydroxyl groups is 1. The van der Waals surface area contributed by atoms with Crippen LogP contribution in [-0.2, 0) is 28.9 Å². The molecule has 1 aliphatic heterocycles. The number of halogens is 1. The maximum atomic E-state index is 12.7. The van der Waals surface area contributed by atoms with Gasteiger partial charge in [0, 0.05) is 42.0 Å². The van der Waals surface area contributed by atoms with E-state index in [0.717, 1.165) is 29.1 Å². The van der Waals surface area contributed by atoms with Crippen molar-refractivity contribution < 1.29 is 18.8 Å². The Morgan fingerprint density at radius 2 is 2.00 bits per heavy atom. The van der Waals surface area contributed by atoms with Crippen LogP contribution in [0.5, 0.6) is 0 Å². The number of ether oxygens (including phenoxy) is 1. The molecule has 0 radical (unpaired) electrons. The average molecular weight is 569 g/mol. The van der Waals surface area contributed by atoms with Gasteiger partial charge in [0.2, 0.25) is 0 Å². The van der Waals surface area contributed by atoms with Gasteiger partial charge in [-0.15, -0.1) is 0 Å². The molecular weight excluding hydrogens is 532 g/mol. The summed E-state index contributed by atoms with van der Waals surface area (Å²) in [5, 5.41) is 13.9. The molecule has 1 amide bonds. The molecule has 0 aliphatic carbocycles. The highest BCUT2D eigenvalue weighted by atomic mass is 35.5. The van der Waals surface area contributed by atoms with Gasteiger partial charge in [0.25, 0.3) is 0 Å². The van der Waals surface area contributed by atoms with Gasteiger partial charge in [0.15, 0.2) is 0 Å². The fourth-order valence-electron chi connectivity index (χ4n) is 3.74. The van der Waals surface area contributed by atoms with Gasteiger partial charge >= 0.3 is 6.09 Å². The van der Waals surface area contributed by atoms with Crippen LogP contribution in [0.4, 0.5) is 10.5 Å². The van der Waals surface area contributed by atoms with Crippen molar-refractivity contribution in [3.05, 3.63) is 46.6 Å². The number of nitrogens with zero attached hydrogens (tertiary/aromatic N) is 2. The van der Waals surface area contributed by atoms with E-state index in [4.69, 9.17) is 16.3 Å². The zero-order chi connectivity index (χ0) is 27.4. The minimum Gasteiger partial charge on any atom is -0.444 e. The van der Waals surface area contributed by atoms with E-state index in [9.17, 15) is 14.1 Å². The van der Waals surface area contributed by atoms with Gasteiger partial charge in [-0.1, -0.05) is 29.4 Å².